The first kappa shape index (κ1) is 20.6. The molecular formula is C19H14N4O6S. The standard InChI is InChI=1S/C19H14N4O6S/c24-19(14-6-12-17(13-7-14)23(25)26)29-21-16-10-8-15(9-11-16)20-22-30(27,28)18-4-2-1-3-5-18/h1-13,21H. The van der Waals surface area contributed by atoms with E-state index in [-0.39, 0.29) is 21.8 Å². The highest BCUT2D eigenvalue weighted by molar-refractivity contribution is 7.90. The Balaban J connectivity index is 1.59. The zero-order chi connectivity index (χ0) is 21.6. The average Bonchev–Trinajstić information content (AvgIpc) is 2.77. The van der Waals surface area contributed by atoms with Crippen LogP contribution in [0.5, 0.6) is 0 Å². The molecule has 0 amide bonds. The molecule has 11 heteroatoms. The molecule has 30 heavy (non-hydrogen) atoms. The van der Waals surface area contributed by atoms with Crippen molar-refractivity contribution in [2.24, 2.45) is 9.63 Å². The molecule has 0 aliphatic rings. The van der Waals surface area contributed by atoms with Gasteiger partial charge in [-0.15, -0.1) is 5.11 Å². The summed E-state index contributed by atoms with van der Waals surface area (Å²) in [4.78, 5) is 27.0. The SMILES string of the molecule is O=C(ONc1ccc(N=NS(=O)(=O)c2ccccc2)cc1)c1ccc([N+](=O)[O-])cc1. The molecule has 0 bridgehead atoms. The molecule has 3 rings (SSSR count). The van der Waals surface area contributed by atoms with Gasteiger partial charge in [-0.2, -0.15) is 8.42 Å². The molecule has 0 saturated heterocycles. The number of carbonyl (C=O) groups is 1. The number of sulfonamides is 1. The molecule has 1 N–H and O–H groups in total. The molecule has 0 aliphatic carbocycles. The summed E-state index contributed by atoms with van der Waals surface area (Å²) in [6, 6.07) is 18.6. The number of nitro benzene ring substituents is 1. The summed E-state index contributed by atoms with van der Waals surface area (Å²) in [6.45, 7) is 0. The maximum absolute atomic E-state index is 12.1. The number of carbonyl (C=O) groups excluding carboxylic acids is 1. The lowest BCUT2D eigenvalue weighted by molar-refractivity contribution is -0.384. The van der Waals surface area contributed by atoms with E-state index in [0.29, 0.717) is 5.69 Å². The fraction of sp³-hybridized carbons (Fsp3) is 0. The molecule has 0 spiro atoms. The lowest BCUT2D eigenvalue weighted by Crippen LogP contribution is -2.10. The van der Waals surface area contributed by atoms with Gasteiger partial charge < -0.3 is 4.84 Å². The van der Waals surface area contributed by atoms with Crippen molar-refractivity contribution in [2.45, 2.75) is 4.90 Å². The van der Waals surface area contributed by atoms with Crippen LogP contribution in [0.4, 0.5) is 17.1 Å². The zero-order valence-corrected chi connectivity index (χ0v) is 16.0. The maximum Gasteiger partial charge on any atom is 0.362 e. The van der Waals surface area contributed by atoms with Crippen molar-refractivity contribution in [3.05, 3.63) is 94.5 Å². The number of nitrogens with one attached hydrogen (secondary N) is 1. The summed E-state index contributed by atoms with van der Waals surface area (Å²) in [6.07, 6.45) is 0. The first-order chi connectivity index (χ1) is 14.3. The molecule has 0 heterocycles. The van der Waals surface area contributed by atoms with E-state index < -0.39 is 20.9 Å². The van der Waals surface area contributed by atoms with Gasteiger partial charge in [-0.1, -0.05) is 22.7 Å². The molecule has 0 aliphatic heterocycles. The predicted octanol–water partition coefficient (Wildman–Crippen LogP) is 4.25. The molecule has 10 nitrogen and oxygen atoms in total. The Morgan fingerprint density at radius 3 is 2.17 bits per heavy atom. The van der Waals surface area contributed by atoms with Crippen LogP contribution < -0.4 is 5.48 Å². The van der Waals surface area contributed by atoms with Gasteiger partial charge in [0.1, 0.15) is 0 Å². The summed E-state index contributed by atoms with van der Waals surface area (Å²) < 4.78 is 27.6. The smallest absolute Gasteiger partial charge is 0.338 e. The van der Waals surface area contributed by atoms with Crippen molar-refractivity contribution in [2.75, 3.05) is 5.48 Å². The summed E-state index contributed by atoms with van der Waals surface area (Å²) in [5.74, 6) is -0.734. The monoisotopic (exact) mass is 426 g/mol. The van der Waals surface area contributed by atoms with Crippen LogP contribution in [0.1, 0.15) is 10.4 Å². The second-order valence-corrected chi connectivity index (χ2v) is 7.40. The Kier molecular flexibility index (Phi) is 6.13. The highest BCUT2D eigenvalue weighted by Crippen LogP contribution is 2.20. The van der Waals surface area contributed by atoms with Crippen LogP contribution in [-0.2, 0) is 14.9 Å². The fourth-order valence-electron chi connectivity index (χ4n) is 2.22. The summed E-state index contributed by atoms with van der Waals surface area (Å²) in [5.41, 5.74) is 3.10. The largest absolute Gasteiger partial charge is 0.362 e. The summed E-state index contributed by atoms with van der Waals surface area (Å²) >= 11 is 0. The molecule has 0 saturated carbocycles. The van der Waals surface area contributed by atoms with Gasteiger partial charge in [0.25, 0.3) is 15.7 Å². The molecule has 0 unspecified atom stereocenters. The van der Waals surface area contributed by atoms with Crippen molar-refractivity contribution in [3.8, 4) is 0 Å². The van der Waals surface area contributed by atoms with E-state index in [2.05, 4.69) is 15.1 Å². The minimum Gasteiger partial charge on any atom is -0.338 e. The molecule has 0 atom stereocenters. The number of nitrogens with zero attached hydrogens (tertiary/aromatic N) is 3. The van der Waals surface area contributed by atoms with Gasteiger partial charge in [-0.25, -0.2) is 10.3 Å². The Morgan fingerprint density at radius 2 is 1.57 bits per heavy atom. The summed E-state index contributed by atoms with van der Waals surface area (Å²) in [7, 11) is -3.90. The lowest BCUT2D eigenvalue weighted by atomic mass is 10.2. The van der Waals surface area contributed by atoms with Crippen LogP contribution in [-0.4, -0.2) is 19.3 Å². The van der Waals surface area contributed by atoms with Gasteiger partial charge >= 0.3 is 5.97 Å². The third-order valence-corrected chi connectivity index (χ3v) is 4.91. The van der Waals surface area contributed by atoms with E-state index >= 15 is 0 Å². The van der Waals surface area contributed by atoms with Crippen LogP contribution in [0.2, 0.25) is 0 Å². The fourth-order valence-corrected chi connectivity index (χ4v) is 3.02. The molecule has 152 valence electrons. The van der Waals surface area contributed by atoms with E-state index in [1.165, 1.54) is 60.7 Å². The van der Waals surface area contributed by atoms with Crippen molar-refractivity contribution >= 4 is 33.1 Å². The number of rotatable bonds is 7. The number of anilines is 1. The van der Waals surface area contributed by atoms with Gasteiger partial charge in [0.15, 0.2) is 0 Å². The number of hydrogen-bond acceptors (Lipinski definition) is 8. The lowest BCUT2D eigenvalue weighted by Gasteiger charge is -2.06. The highest BCUT2D eigenvalue weighted by atomic mass is 32.2. The van der Waals surface area contributed by atoms with Crippen LogP contribution in [0.25, 0.3) is 0 Å². The number of nitro groups is 1. The normalized spacial score (nSPS) is 11.2. The molecule has 0 radical (unpaired) electrons. The Bertz CT molecular complexity index is 1180. The van der Waals surface area contributed by atoms with Gasteiger partial charge in [0.2, 0.25) is 0 Å². The highest BCUT2D eigenvalue weighted by Gasteiger charge is 2.12. The molecule has 0 fully saturated rings. The minimum absolute atomic E-state index is 0.0326. The number of benzene rings is 3. The Hall–Kier alpha value is -4.12. The van der Waals surface area contributed by atoms with E-state index in [0.717, 1.165) is 0 Å². The van der Waals surface area contributed by atoms with Gasteiger partial charge in [0, 0.05) is 12.1 Å². The Morgan fingerprint density at radius 1 is 0.933 bits per heavy atom. The van der Waals surface area contributed by atoms with E-state index in [1.54, 1.807) is 18.2 Å². The van der Waals surface area contributed by atoms with Crippen molar-refractivity contribution in [1.82, 2.24) is 0 Å². The minimum atomic E-state index is -3.90. The van der Waals surface area contributed by atoms with Crippen molar-refractivity contribution in [3.63, 3.8) is 0 Å². The number of hydrogen-bond donors (Lipinski definition) is 1. The van der Waals surface area contributed by atoms with E-state index in [1.807, 2.05) is 0 Å². The van der Waals surface area contributed by atoms with Crippen molar-refractivity contribution in [1.29, 1.82) is 0 Å². The molecule has 0 aromatic heterocycles. The summed E-state index contributed by atoms with van der Waals surface area (Å²) in [5, 5.41) is 14.3. The van der Waals surface area contributed by atoms with E-state index in [4.69, 9.17) is 4.84 Å². The Labute approximate surface area is 171 Å². The first-order valence-corrected chi connectivity index (χ1v) is 9.84. The second kappa shape index (κ2) is 8.92. The molecular weight excluding hydrogens is 412 g/mol. The van der Waals surface area contributed by atoms with Crippen LogP contribution >= 0.6 is 0 Å². The topological polar surface area (TPSA) is 140 Å². The van der Waals surface area contributed by atoms with Crippen LogP contribution in [0.15, 0.2) is 93.4 Å². The number of non-ortho nitro benzene ring substituents is 1. The predicted molar refractivity (Wildman–Crippen MR) is 107 cm³/mol. The second-order valence-electron chi connectivity index (χ2n) is 5.81. The van der Waals surface area contributed by atoms with Gasteiger partial charge in [0.05, 0.1) is 26.8 Å². The van der Waals surface area contributed by atoms with Crippen LogP contribution in [0.3, 0.4) is 0 Å². The molecule has 3 aromatic rings. The molecule has 3 aromatic carbocycles. The van der Waals surface area contributed by atoms with Gasteiger partial charge in [-0.05, 0) is 48.5 Å². The third-order valence-electron chi connectivity index (χ3n) is 3.75. The third kappa shape index (κ3) is 5.23. The van der Waals surface area contributed by atoms with E-state index in [9.17, 15) is 23.3 Å². The maximum atomic E-state index is 12.1. The quantitative estimate of drug-likeness (QED) is 0.338. The zero-order valence-electron chi connectivity index (χ0n) is 15.2. The average molecular weight is 426 g/mol. The van der Waals surface area contributed by atoms with Crippen LogP contribution in [0, 0.1) is 10.1 Å². The van der Waals surface area contributed by atoms with Gasteiger partial charge in [-0.3, -0.25) is 10.1 Å². The first-order valence-electron chi connectivity index (χ1n) is 8.40. The van der Waals surface area contributed by atoms with Crippen molar-refractivity contribution < 1.29 is 23.0 Å².